The first-order valence-electron chi connectivity index (χ1n) is 5.13. The molecule has 0 radical (unpaired) electrons. The van der Waals surface area contributed by atoms with Crippen LogP contribution in [0.1, 0.15) is 26.7 Å². The Morgan fingerprint density at radius 3 is 2.64 bits per heavy atom. The van der Waals surface area contributed by atoms with Gasteiger partial charge < -0.3 is 5.11 Å². The maximum atomic E-state index is 11.7. The summed E-state index contributed by atoms with van der Waals surface area (Å²) in [5.74, 6) is 0.400. The fraction of sp³-hybridized carbons (Fsp3) is 1.00. The summed E-state index contributed by atoms with van der Waals surface area (Å²) in [5.41, 5.74) is 0. The number of nitrogens with zero attached hydrogens (tertiary/aromatic N) is 1. The van der Waals surface area contributed by atoms with Crippen molar-refractivity contribution in [1.82, 2.24) is 4.31 Å². The third-order valence-corrected chi connectivity index (χ3v) is 4.78. The van der Waals surface area contributed by atoms with E-state index in [-0.39, 0.29) is 18.2 Å². The van der Waals surface area contributed by atoms with Crippen molar-refractivity contribution in [3.63, 3.8) is 0 Å². The Morgan fingerprint density at radius 2 is 2.14 bits per heavy atom. The minimum atomic E-state index is -3.12. The van der Waals surface area contributed by atoms with Gasteiger partial charge in [0.25, 0.3) is 0 Å². The van der Waals surface area contributed by atoms with E-state index in [0.717, 1.165) is 6.42 Å². The second-order valence-corrected chi connectivity index (χ2v) is 6.10. The normalized spacial score (nSPS) is 30.5. The molecule has 1 heterocycles. The van der Waals surface area contributed by atoms with Gasteiger partial charge in [-0.15, -0.1) is 0 Å². The fourth-order valence-electron chi connectivity index (χ4n) is 1.66. The molecule has 0 bridgehead atoms. The Balaban J connectivity index is 2.63. The number of hydrogen-bond donors (Lipinski definition) is 1. The van der Waals surface area contributed by atoms with E-state index in [1.807, 2.05) is 13.8 Å². The molecule has 1 fully saturated rings. The van der Waals surface area contributed by atoms with E-state index >= 15 is 0 Å². The molecule has 4 nitrogen and oxygen atoms in total. The van der Waals surface area contributed by atoms with E-state index < -0.39 is 16.1 Å². The highest BCUT2D eigenvalue weighted by Gasteiger charge is 2.30. The zero-order valence-corrected chi connectivity index (χ0v) is 9.63. The second kappa shape index (κ2) is 4.59. The molecule has 1 aliphatic heterocycles. The van der Waals surface area contributed by atoms with Crippen molar-refractivity contribution in [3.8, 4) is 0 Å². The fourth-order valence-corrected chi connectivity index (χ4v) is 3.20. The zero-order valence-electron chi connectivity index (χ0n) is 8.81. The average Bonchev–Trinajstić information content (AvgIpc) is 2.09. The molecule has 2 unspecified atom stereocenters. The highest BCUT2D eigenvalue weighted by atomic mass is 32.2. The molecule has 1 aliphatic rings. The molecule has 0 spiro atoms. The molecule has 0 aromatic carbocycles. The quantitative estimate of drug-likeness (QED) is 0.752. The molecule has 1 rings (SSSR count). The third kappa shape index (κ3) is 2.68. The minimum Gasteiger partial charge on any atom is -0.391 e. The number of aliphatic hydroxyl groups is 1. The minimum absolute atomic E-state index is 0.189. The van der Waals surface area contributed by atoms with Gasteiger partial charge in [-0.05, 0) is 18.8 Å². The smallest absolute Gasteiger partial charge is 0.214 e. The van der Waals surface area contributed by atoms with Crippen LogP contribution in [0.25, 0.3) is 0 Å². The lowest BCUT2D eigenvalue weighted by Gasteiger charge is -2.33. The lowest BCUT2D eigenvalue weighted by atomic mass is 9.98. The van der Waals surface area contributed by atoms with Gasteiger partial charge in [0.05, 0.1) is 11.9 Å². The highest BCUT2D eigenvalue weighted by Crippen LogP contribution is 2.19. The molecule has 0 amide bonds. The van der Waals surface area contributed by atoms with Crippen molar-refractivity contribution >= 4 is 10.0 Å². The number of piperidine rings is 1. The Kier molecular flexibility index (Phi) is 3.92. The first kappa shape index (κ1) is 11.9. The molecule has 1 N–H and O–H groups in total. The lowest BCUT2D eigenvalue weighted by molar-refractivity contribution is 0.0605. The zero-order chi connectivity index (χ0) is 10.8. The van der Waals surface area contributed by atoms with Crippen molar-refractivity contribution in [1.29, 1.82) is 0 Å². The predicted octanol–water partition coefficient (Wildman–Crippen LogP) is 0.429. The number of sulfonamides is 1. The molecule has 84 valence electrons. The van der Waals surface area contributed by atoms with Crippen molar-refractivity contribution in [2.75, 3.05) is 18.8 Å². The number of β-amino-alcohol motifs (C(OH)–C–C–N with tert-alkyl or cyclic N) is 1. The van der Waals surface area contributed by atoms with Gasteiger partial charge in [0.15, 0.2) is 0 Å². The first-order chi connectivity index (χ1) is 6.47. The topological polar surface area (TPSA) is 57.6 Å². The summed E-state index contributed by atoms with van der Waals surface area (Å²) in [7, 11) is -3.12. The van der Waals surface area contributed by atoms with Gasteiger partial charge in [0.1, 0.15) is 0 Å². The van der Waals surface area contributed by atoms with Crippen LogP contribution in [0.3, 0.4) is 0 Å². The van der Waals surface area contributed by atoms with Crippen LogP contribution >= 0.6 is 0 Å². The Labute approximate surface area is 86.0 Å². The van der Waals surface area contributed by atoms with E-state index in [1.165, 1.54) is 4.31 Å². The summed E-state index contributed by atoms with van der Waals surface area (Å²) in [6.07, 6.45) is 0.879. The van der Waals surface area contributed by atoms with E-state index in [0.29, 0.717) is 13.0 Å². The van der Waals surface area contributed by atoms with Gasteiger partial charge in [-0.2, -0.15) is 4.31 Å². The first-order valence-corrected chi connectivity index (χ1v) is 6.74. The Bertz CT molecular complexity index is 276. The van der Waals surface area contributed by atoms with Crippen LogP contribution in [0.5, 0.6) is 0 Å². The summed E-state index contributed by atoms with van der Waals surface area (Å²) in [5, 5.41) is 9.57. The van der Waals surface area contributed by atoms with Crippen molar-refractivity contribution in [2.45, 2.75) is 32.8 Å². The van der Waals surface area contributed by atoms with Crippen LogP contribution < -0.4 is 0 Å². The summed E-state index contributed by atoms with van der Waals surface area (Å²) in [6, 6.07) is 0. The van der Waals surface area contributed by atoms with Crippen LogP contribution in [-0.2, 0) is 10.0 Å². The van der Waals surface area contributed by atoms with Crippen LogP contribution in [0, 0.1) is 5.92 Å². The number of aliphatic hydroxyl groups excluding tert-OH is 1. The molecule has 0 aromatic rings. The predicted molar refractivity (Wildman–Crippen MR) is 55.4 cm³/mol. The van der Waals surface area contributed by atoms with E-state index in [1.54, 1.807) is 0 Å². The summed E-state index contributed by atoms with van der Waals surface area (Å²) in [6.45, 7) is 4.62. The van der Waals surface area contributed by atoms with E-state index in [2.05, 4.69) is 0 Å². The molecule has 0 aliphatic carbocycles. The van der Waals surface area contributed by atoms with Gasteiger partial charge >= 0.3 is 0 Å². The lowest BCUT2D eigenvalue weighted by Crippen LogP contribution is -2.46. The van der Waals surface area contributed by atoms with Crippen molar-refractivity contribution < 1.29 is 13.5 Å². The van der Waals surface area contributed by atoms with Crippen molar-refractivity contribution in [2.24, 2.45) is 5.92 Å². The summed E-state index contributed by atoms with van der Waals surface area (Å²) < 4.78 is 24.7. The summed E-state index contributed by atoms with van der Waals surface area (Å²) >= 11 is 0. The number of hydrogen-bond acceptors (Lipinski definition) is 3. The van der Waals surface area contributed by atoms with Crippen molar-refractivity contribution in [3.05, 3.63) is 0 Å². The van der Waals surface area contributed by atoms with Crippen LogP contribution in [0.15, 0.2) is 0 Å². The largest absolute Gasteiger partial charge is 0.391 e. The molecule has 0 aromatic heterocycles. The molecular weight excluding hydrogens is 202 g/mol. The van der Waals surface area contributed by atoms with Gasteiger partial charge in [-0.25, -0.2) is 8.42 Å². The average molecular weight is 221 g/mol. The molecule has 14 heavy (non-hydrogen) atoms. The Hall–Kier alpha value is -0.130. The van der Waals surface area contributed by atoms with E-state index in [9.17, 15) is 13.5 Å². The van der Waals surface area contributed by atoms with Gasteiger partial charge in [-0.3, -0.25) is 0 Å². The molecular formula is C9H19NO3S. The molecule has 1 saturated heterocycles. The van der Waals surface area contributed by atoms with Crippen LogP contribution in [0.2, 0.25) is 0 Å². The van der Waals surface area contributed by atoms with Gasteiger partial charge in [0.2, 0.25) is 10.0 Å². The SMILES string of the molecule is CCCS(=O)(=O)N1CCC(C)C(O)C1. The second-order valence-electron chi connectivity index (χ2n) is 4.01. The molecule has 5 heteroatoms. The van der Waals surface area contributed by atoms with E-state index in [4.69, 9.17) is 0 Å². The maximum Gasteiger partial charge on any atom is 0.214 e. The Morgan fingerprint density at radius 1 is 1.50 bits per heavy atom. The van der Waals surface area contributed by atoms with Crippen LogP contribution in [-0.4, -0.2) is 42.8 Å². The van der Waals surface area contributed by atoms with Crippen LogP contribution in [0.4, 0.5) is 0 Å². The monoisotopic (exact) mass is 221 g/mol. The molecule has 2 atom stereocenters. The highest BCUT2D eigenvalue weighted by molar-refractivity contribution is 7.89. The van der Waals surface area contributed by atoms with Gasteiger partial charge in [-0.1, -0.05) is 13.8 Å². The maximum absolute atomic E-state index is 11.7. The van der Waals surface area contributed by atoms with Gasteiger partial charge in [0, 0.05) is 13.1 Å². The third-order valence-electron chi connectivity index (χ3n) is 2.74. The summed E-state index contributed by atoms with van der Waals surface area (Å²) in [4.78, 5) is 0. The standard InChI is InChI=1S/C9H19NO3S/c1-3-6-14(12,13)10-5-4-8(2)9(11)7-10/h8-9,11H,3-7H2,1-2H3. The molecule has 0 saturated carbocycles. The number of rotatable bonds is 3.